The molecule has 0 unspecified atom stereocenters. The first kappa shape index (κ1) is 18.8. The average molecular weight is 487 g/mol. The molecule has 2 aromatic heterocycles. The number of alkyl halides is 3. The molecule has 8 nitrogen and oxygen atoms in total. The number of hydrogen-bond donors (Lipinski definition) is 1. The Morgan fingerprint density at radius 2 is 2.15 bits per heavy atom. The molecule has 0 spiro atoms. The van der Waals surface area contributed by atoms with Gasteiger partial charge in [-0.2, -0.15) is 28.6 Å². The minimum Gasteiger partial charge on any atom is -0.323 e. The highest BCUT2D eigenvalue weighted by molar-refractivity contribution is 14.1. The fraction of sp³-hybridized carbons (Fsp3) is 0.133. The minimum absolute atomic E-state index is 0.0808. The van der Waals surface area contributed by atoms with Gasteiger partial charge in [-0.25, -0.2) is 9.67 Å². The molecule has 0 bridgehead atoms. The smallest absolute Gasteiger partial charge is 0.323 e. The fourth-order valence-electron chi connectivity index (χ4n) is 2.24. The maximum Gasteiger partial charge on any atom is 0.416 e. The number of rotatable bonds is 4. The van der Waals surface area contributed by atoms with Crippen molar-refractivity contribution in [3.05, 3.63) is 51.9 Å². The summed E-state index contributed by atoms with van der Waals surface area (Å²) in [6.45, 7) is -0.273. The average Bonchev–Trinajstić information content (AvgIpc) is 3.23. The van der Waals surface area contributed by atoms with Gasteiger partial charge in [0.25, 0.3) is 0 Å². The molecule has 1 amide bonds. The zero-order valence-corrected chi connectivity index (χ0v) is 15.4. The quantitative estimate of drug-likeness (QED) is 0.571. The molecule has 1 N–H and O–H groups in total. The molecule has 27 heavy (non-hydrogen) atoms. The Kier molecular flexibility index (Phi) is 5.13. The normalized spacial score (nSPS) is 11.2. The highest BCUT2D eigenvalue weighted by Crippen LogP contribution is 2.33. The van der Waals surface area contributed by atoms with Gasteiger partial charge >= 0.3 is 6.18 Å². The molecular formula is C15H9F3IN7O. The summed E-state index contributed by atoms with van der Waals surface area (Å²) in [5.41, 5.74) is -0.475. The Hall–Kier alpha value is -2.95. The number of amides is 1. The van der Waals surface area contributed by atoms with Crippen molar-refractivity contribution < 1.29 is 18.0 Å². The molecule has 0 aliphatic heterocycles. The SMILES string of the molecule is N#Cc1cn(CC(=O)Nc2cc(C(F)(F)F)ccc2-n2cncn2)nc1I. The Labute approximate surface area is 163 Å². The van der Waals surface area contributed by atoms with Crippen molar-refractivity contribution >= 4 is 34.2 Å². The van der Waals surface area contributed by atoms with Crippen molar-refractivity contribution in [1.82, 2.24) is 24.5 Å². The largest absolute Gasteiger partial charge is 0.416 e. The van der Waals surface area contributed by atoms with E-state index in [1.54, 1.807) is 0 Å². The van der Waals surface area contributed by atoms with Crippen molar-refractivity contribution in [2.24, 2.45) is 0 Å². The number of carbonyl (C=O) groups excluding carboxylic acids is 1. The lowest BCUT2D eigenvalue weighted by Crippen LogP contribution is -2.21. The van der Waals surface area contributed by atoms with Gasteiger partial charge < -0.3 is 5.32 Å². The first-order valence-corrected chi connectivity index (χ1v) is 8.35. The molecule has 0 aliphatic carbocycles. The van der Waals surface area contributed by atoms with E-state index in [2.05, 4.69) is 20.5 Å². The summed E-state index contributed by atoms with van der Waals surface area (Å²) in [4.78, 5) is 16.0. The van der Waals surface area contributed by atoms with Crippen LogP contribution in [0.1, 0.15) is 11.1 Å². The molecule has 2 heterocycles. The topological polar surface area (TPSA) is 101 Å². The lowest BCUT2D eigenvalue weighted by molar-refractivity contribution is -0.137. The van der Waals surface area contributed by atoms with Crippen molar-refractivity contribution in [3.63, 3.8) is 0 Å². The third kappa shape index (κ3) is 4.25. The van der Waals surface area contributed by atoms with Crippen LogP contribution in [0.4, 0.5) is 18.9 Å². The van der Waals surface area contributed by atoms with E-state index >= 15 is 0 Å². The first-order valence-electron chi connectivity index (χ1n) is 7.27. The van der Waals surface area contributed by atoms with E-state index in [1.165, 1.54) is 34.3 Å². The Balaban J connectivity index is 1.89. The fourth-order valence-corrected chi connectivity index (χ4v) is 2.77. The minimum atomic E-state index is -4.57. The van der Waals surface area contributed by atoms with E-state index in [1.807, 2.05) is 28.7 Å². The number of hydrogen-bond acceptors (Lipinski definition) is 5. The van der Waals surface area contributed by atoms with Gasteiger partial charge in [0.1, 0.15) is 34.5 Å². The molecule has 1 aromatic carbocycles. The van der Waals surface area contributed by atoms with E-state index in [0.717, 1.165) is 12.1 Å². The summed E-state index contributed by atoms with van der Waals surface area (Å²) in [7, 11) is 0. The number of carbonyl (C=O) groups is 1. The van der Waals surface area contributed by atoms with Gasteiger partial charge in [0.15, 0.2) is 0 Å². The molecule has 12 heteroatoms. The second-order valence-electron chi connectivity index (χ2n) is 5.26. The second-order valence-corrected chi connectivity index (χ2v) is 6.28. The number of nitriles is 1. The predicted octanol–water partition coefficient (Wildman–Crippen LogP) is 2.60. The Morgan fingerprint density at radius 3 is 2.74 bits per heavy atom. The van der Waals surface area contributed by atoms with Crippen LogP contribution in [-0.4, -0.2) is 30.5 Å². The van der Waals surface area contributed by atoms with Crippen LogP contribution in [0.3, 0.4) is 0 Å². The lowest BCUT2D eigenvalue weighted by Gasteiger charge is -2.14. The van der Waals surface area contributed by atoms with Crippen LogP contribution in [-0.2, 0) is 17.5 Å². The molecule has 3 aromatic rings. The number of aromatic nitrogens is 5. The van der Waals surface area contributed by atoms with Crippen LogP contribution in [0.25, 0.3) is 5.69 Å². The summed E-state index contributed by atoms with van der Waals surface area (Å²) in [5, 5.41) is 19.2. The van der Waals surface area contributed by atoms with Gasteiger partial charge in [0, 0.05) is 6.20 Å². The van der Waals surface area contributed by atoms with E-state index in [0.29, 0.717) is 9.26 Å². The summed E-state index contributed by atoms with van der Waals surface area (Å²) in [5.74, 6) is -0.612. The van der Waals surface area contributed by atoms with Gasteiger partial charge in [0.05, 0.1) is 16.9 Å². The van der Waals surface area contributed by atoms with E-state index < -0.39 is 17.6 Å². The highest BCUT2D eigenvalue weighted by Gasteiger charge is 2.31. The van der Waals surface area contributed by atoms with Gasteiger partial charge in [-0.15, -0.1) is 0 Å². The molecule has 0 fully saturated rings. The van der Waals surface area contributed by atoms with E-state index in [4.69, 9.17) is 5.26 Å². The first-order chi connectivity index (χ1) is 12.8. The van der Waals surface area contributed by atoms with E-state index in [9.17, 15) is 18.0 Å². The summed E-state index contributed by atoms with van der Waals surface area (Å²) in [6.07, 6.45) is -0.669. The number of nitrogens with zero attached hydrogens (tertiary/aromatic N) is 6. The summed E-state index contributed by atoms with van der Waals surface area (Å²) < 4.78 is 42.0. The monoisotopic (exact) mass is 487 g/mol. The van der Waals surface area contributed by atoms with Gasteiger partial charge in [-0.05, 0) is 40.8 Å². The van der Waals surface area contributed by atoms with Crippen LogP contribution in [0.5, 0.6) is 0 Å². The predicted molar refractivity (Wildman–Crippen MR) is 94.6 cm³/mol. The molecule has 0 saturated heterocycles. The molecule has 0 saturated carbocycles. The Morgan fingerprint density at radius 1 is 1.37 bits per heavy atom. The van der Waals surface area contributed by atoms with E-state index in [-0.39, 0.29) is 17.9 Å². The summed E-state index contributed by atoms with van der Waals surface area (Å²) >= 11 is 1.85. The van der Waals surface area contributed by atoms with Gasteiger partial charge in [-0.3, -0.25) is 9.48 Å². The third-order valence-corrected chi connectivity index (χ3v) is 4.20. The lowest BCUT2D eigenvalue weighted by atomic mass is 10.1. The van der Waals surface area contributed by atoms with Gasteiger partial charge in [-0.1, -0.05) is 0 Å². The zero-order valence-electron chi connectivity index (χ0n) is 13.3. The summed E-state index contributed by atoms with van der Waals surface area (Å²) in [6, 6.07) is 4.83. The van der Waals surface area contributed by atoms with Gasteiger partial charge in [0.2, 0.25) is 5.91 Å². The van der Waals surface area contributed by atoms with Crippen molar-refractivity contribution in [3.8, 4) is 11.8 Å². The zero-order chi connectivity index (χ0) is 19.6. The molecule has 0 atom stereocenters. The number of nitrogens with one attached hydrogen (secondary N) is 1. The van der Waals surface area contributed by atoms with Crippen molar-refractivity contribution in [1.29, 1.82) is 5.26 Å². The molecule has 138 valence electrons. The third-order valence-electron chi connectivity index (χ3n) is 3.41. The van der Waals surface area contributed by atoms with Crippen LogP contribution in [0.2, 0.25) is 0 Å². The standard InChI is InChI=1S/C15H9F3IN7O/c16-15(17,18)10-1-2-12(26-8-21-7-22-26)11(3-10)23-13(27)6-25-5-9(4-20)14(19)24-25/h1-3,5,7-8H,6H2,(H,23,27). The molecule has 0 radical (unpaired) electrons. The molecule has 0 aliphatic rings. The highest BCUT2D eigenvalue weighted by atomic mass is 127. The number of anilines is 1. The molecular weight excluding hydrogens is 478 g/mol. The number of benzene rings is 1. The van der Waals surface area contributed by atoms with Crippen LogP contribution >= 0.6 is 22.6 Å². The second kappa shape index (κ2) is 7.35. The molecule has 3 rings (SSSR count). The Bertz CT molecular complexity index is 1020. The number of halogens is 4. The van der Waals surface area contributed by atoms with Crippen LogP contribution in [0, 0.1) is 15.0 Å². The van der Waals surface area contributed by atoms with Crippen LogP contribution < -0.4 is 5.32 Å². The van der Waals surface area contributed by atoms with Crippen molar-refractivity contribution in [2.75, 3.05) is 5.32 Å². The maximum atomic E-state index is 13.0. The van der Waals surface area contributed by atoms with Crippen molar-refractivity contribution in [2.45, 2.75) is 12.7 Å². The van der Waals surface area contributed by atoms with Crippen LogP contribution in [0.15, 0.2) is 37.1 Å². The maximum absolute atomic E-state index is 13.0.